The first-order valence-corrected chi connectivity index (χ1v) is 11.3. The lowest BCUT2D eigenvalue weighted by atomic mass is 9.58. The number of likely N-dealkylation sites (N-methyl/N-ethyl adjacent to an activating group) is 1. The molecule has 1 aliphatic heterocycles. The Morgan fingerprint density at radius 2 is 1.77 bits per heavy atom. The average Bonchev–Trinajstić information content (AvgIpc) is 2.86. The number of hydrogen-bond donors (Lipinski definition) is 4. The van der Waals surface area contributed by atoms with E-state index in [1.165, 1.54) is 12.1 Å². The number of nitrogens with one attached hydrogen (secondary N) is 2. The summed E-state index contributed by atoms with van der Waals surface area (Å²) in [6.45, 7) is 1.09. The van der Waals surface area contributed by atoms with Gasteiger partial charge in [0.2, 0.25) is 0 Å². The first-order valence-electron chi connectivity index (χ1n) is 10.9. The number of phenolic OH excluding ortho intramolecular Hbond substituents is 2. The summed E-state index contributed by atoms with van der Waals surface area (Å²) >= 11 is 5.49. The summed E-state index contributed by atoms with van der Waals surface area (Å²) in [7, 11) is 1.92. The van der Waals surface area contributed by atoms with Crippen LogP contribution in [-0.4, -0.2) is 40.4 Å². The molecule has 0 unspecified atom stereocenters. The van der Waals surface area contributed by atoms with E-state index in [4.69, 9.17) is 12.2 Å². The average molecular weight is 483 g/mol. The maximum absolute atomic E-state index is 10.5. The zero-order valence-electron chi connectivity index (χ0n) is 18.9. The van der Waals surface area contributed by atoms with Gasteiger partial charge >= 0.3 is 0 Å². The largest absolute Gasteiger partial charge is 0.504 e. The number of fused-ring (bicyclic) bond motifs is 1. The summed E-state index contributed by atoms with van der Waals surface area (Å²) in [6.07, 6.45) is 1.92. The van der Waals surface area contributed by atoms with E-state index in [-0.39, 0.29) is 33.8 Å². The van der Waals surface area contributed by atoms with E-state index >= 15 is 0 Å². The van der Waals surface area contributed by atoms with E-state index in [1.807, 2.05) is 48.4 Å². The Kier molecular flexibility index (Phi) is 6.44. The number of nitriles is 3. The first-order chi connectivity index (χ1) is 16.8. The van der Waals surface area contributed by atoms with Gasteiger partial charge in [-0.05, 0) is 54.7 Å². The molecule has 0 bridgehead atoms. The number of benzene rings is 2. The minimum Gasteiger partial charge on any atom is -0.504 e. The number of thiocarbonyl (C=S) groups is 1. The molecule has 4 N–H and O–H groups in total. The standard InChI is InChI=1S/C26H22N6O2S/c1-32-10-9-18-19(12-27)24(31-25(35)30-17-5-3-2-4-6-17)26(14-28,15-29)23(20(18)13-32)16-7-8-21(33)22(34)11-16/h2-9,11,20,23,33-34H,10,13H2,1H3,(H2,30,31,35)/t20-,23+/m0/s1. The van der Waals surface area contributed by atoms with Crippen molar-refractivity contribution in [2.75, 3.05) is 25.5 Å². The molecule has 0 saturated heterocycles. The monoisotopic (exact) mass is 482 g/mol. The van der Waals surface area contributed by atoms with Crippen LogP contribution < -0.4 is 10.6 Å². The molecule has 0 aromatic heterocycles. The summed E-state index contributed by atoms with van der Waals surface area (Å²) in [5.41, 5.74) is 0.403. The van der Waals surface area contributed by atoms with Crippen molar-refractivity contribution in [2.24, 2.45) is 11.3 Å². The van der Waals surface area contributed by atoms with E-state index in [1.54, 1.807) is 6.07 Å². The Balaban J connectivity index is 1.90. The van der Waals surface area contributed by atoms with Gasteiger partial charge in [-0.15, -0.1) is 0 Å². The molecule has 0 fully saturated rings. The highest BCUT2D eigenvalue weighted by molar-refractivity contribution is 7.80. The quantitative estimate of drug-likeness (QED) is 0.382. The molecule has 0 spiro atoms. The number of phenols is 2. The Morgan fingerprint density at radius 3 is 2.40 bits per heavy atom. The zero-order valence-corrected chi connectivity index (χ0v) is 19.7. The zero-order chi connectivity index (χ0) is 25.2. The van der Waals surface area contributed by atoms with E-state index in [2.05, 4.69) is 28.8 Å². The summed E-state index contributed by atoms with van der Waals surface area (Å²) in [6, 6.07) is 20.0. The third kappa shape index (κ3) is 4.18. The Morgan fingerprint density at radius 1 is 1.06 bits per heavy atom. The predicted molar refractivity (Wildman–Crippen MR) is 134 cm³/mol. The van der Waals surface area contributed by atoms with Crippen LogP contribution in [0.3, 0.4) is 0 Å². The summed E-state index contributed by atoms with van der Waals surface area (Å²) in [5, 5.41) is 57.4. The van der Waals surface area contributed by atoms with Crippen LogP contribution in [0.2, 0.25) is 0 Å². The molecule has 9 heteroatoms. The molecule has 1 heterocycles. The van der Waals surface area contributed by atoms with Gasteiger partial charge in [0.05, 0.1) is 23.4 Å². The Labute approximate surface area is 208 Å². The van der Waals surface area contributed by atoms with E-state index in [0.29, 0.717) is 29.9 Å². The fraction of sp³-hybridized carbons (Fsp3) is 0.231. The van der Waals surface area contributed by atoms with Crippen molar-refractivity contribution in [1.29, 1.82) is 15.8 Å². The van der Waals surface area contributed by atoms with Gasteiger partial charge in [0, 0.05) is 30.6 Å². The van der Waals surface area contributed by atoms with Crippen LogP contribution in [0.25, 0.3) is 0 Å². The van der Waals surface area contributed by atoms with Crippen LogP contribution in [0, 0.1) is 45.3 Å². The van der Waals surface area contributed by atoms with Gasteiger partial charge in [0.15, 0.2) is 22.0 Å². The molecular formula is C26H22N6O2S. The van der Waals surface area contributed by atoms with Crippen LogP contribution in [0.5, 0.6) is 11.5 Å². The molecule has 0 radical (unpaired) electrons. The molecular weight excluding hydrogens is 460 g/mol. The summed E-state index contributed by atoms with van der Waals surface area (Å²) in [5.74, 6) is -1.79. The van der Waals surface area contributed by atoms with Gasteiger partial charge in [-0.3, -0.25) is 0 Å². The van der Waals surface area contributed by atoms with Crippen LogP contribution in [-0.2, 0) is 0 Å². The second-order valence-corrected chi connectivity index (χ2v) is 8.96. The van der Waals surface area contributed by atoms with Gasteiger partial charge in [-0.2, -0.15) is 15.8 Å². The lowest BCUT2D eigenvalue weighted by Crippen LogP contribution is -2.49. The smallest absolute Gasteiger partial charge is 0.191 e. The number of anilines is 1. The molecule has 0 saturated carbocycles. The highest BCUT2D eigenvalue weighted by atomic mass is 32.1. The van der Waals surface area contributed by atoms with Crippen LogP contribution >= 0.6 is 12.2 Å². The van der Waals surface area contributed by atoms with Crippen LogP contribution in [0.1, 0.15) is 11.5 Å². The molecule has 8 nitrogen and oxygen atoms in total. The summed E-state index contributed by atoms with van der Waals surface area (Å²) < 4.78 is 0. The Hall–Kier alpha value is -4.36. The van der Waals surface area contributed by atoms with Gasteiger partial charge in [-0.25, -0.2) is 0 Å². The highest BCUT2D eigenvalue weighted by Gasteiger charge is 2.55. The third-order valence-corrected chi connectivity index (χ3v) is 6.63. The number of rotatable bonds is 3. The molecule has 2 aromatic carbocycles. The minimum atomic E-state index is -1.82. The van der Waals surface area contributed by atoms with E-state index < -0.39 is 11.3 Å². The third-order valence-electron chi connectivity index (χ3n) is 6.43. The molecule has 1 aliphatic carbocycles. The van der Waals surface area contributed by atoms with Gasteiger partial charge in [-0.1, -0.05) is 30.3 Å². The Bertz CT molecular complexity index is 1350. The highest BCUT2D eigenvalue weighted by Crippen LogP contribution is 2.55. The second-order valence-electron chi connectivity index (χ2n) is 8.55. The van der Waals surface area contributed by atoms with Crippen molar-refractivity contribution in [1.82, 2.24) is 10.2 Å². The van der Waals surface area contributed by atoms with Crippen molar-refractivity contribution in [3.8, 4) is 29.7 Å². The minimum absolute atomic E-state index is 0.100. The number of allylic oxidation sites excluding steroid dienone is 2. The van der Waals surface area contributed by atoms with Crippen molar-refractivity contribution in [3.63, 3.8) is 0 Å². The maximum Gasteiger partial charge on any atom is 0.191 e. The molecule has 174 valence electrons. The normalized spacial score (nSPS) is 20.9. The van der Waals surface area contributed by atoms with E-state index in [9.17, 15) is 26.0 Å². The van der Waals surface area contributed by atoms with Crippen molar-refractivity contribution in [2.45, 2.75) is 5.92 Å². The van der Waals surface area contributed by atoms with E-state index in [0.717, 1.165) is 0 Å². The summed E-state index contributed by atoms with van der Waals surface area (Å²) in [4.78, 5) is 2.04. The number of hydrogen-bond acceptors (Lipinski definition) is 7. The number of para-hydroxylation sites is 1. The predicted octanol–water partition coefficient (Wildman–Crippen LogP) is 3.48. The molecule has 4 rings (SSSR count). The number of nitrogens with zero attached hydrogens (tertiary/aromatic N) is 4. The van der Waals surface area contributed by atoms with Crippen molar-refractivity contribution >= 4 is 23.0 Å². The van der Waals surface area contributed by atoms with Gasteiger partial charge in [0.25, 0.3) is 0 Å². The van der Waals surface area contributed by atoms with Crippen molar-refractivity contribution < 1.29 is 10.2 Å². The first kappa shape index (κ1) is 23.8. The molecule has 35 heavy (non-hydrogen) atoms. The fourth-order valence-corrected chi connectivity index (χ4v) is 5.08. The van der Waals surface area contributed by atoms with Crippen LogP contribution in [0.15, 0.2) is 71.5 Å². The fourth-order valence-electron chi connectivity index (χ4n) is 4.86. The van der Waals surface area contributed by atoms with Crippen LogP contribution in [0.4, 0.5) is 5.69 Å². The van der Waals surface area contributed by atoms with Gasteiger partial charge < -0.3 is 25.7 Å². The molecule has 2 aromatic rings. The molecule has 2 aliphatic rings. The van der Waals surface area contributed by atoms with Gasteiger partial charge in [0.1, 0.15) is 6.07 Å². The lowest BCUT2D eigenvalue weighted by Gasteiger charge is -2.46. The van der Waals surface area contributed by atoms with Crippen molar-refractivity contribution in [3.05, 3.63) is 77.0 Å². The topological polar surface area (TPSA) is 139 Å². The maximum atomic E-state index is 10.5. The molecule has 0 amide bonds. The molecule has 2 atom stereocenters. The SMILES string of the molecule is CN1CC=C2C(C#N)=C(NC(=S)Nc3ccccc3)C(C#N)(C#N)[C@H](c3ccc(O)c(O)c3)[C@H]2C1. The number of aromatic hydroxyl groups is 2. The lowest BCUT2D eigenvalue weighted by molar-refractivity contribution is 0.235. The second kappa shape index (κ2) is 9.48.